The lowest BCUT2D eigenvalue weighted by Crippen LogP contribution is -2.47. The fraction of sp³-hybridized carbons (Fsp3) is 0.462. The average Bonchev–Trinajstić information content (AvgIpc) is 3.38. The molecule has 0 bridgehead atoms. The molecule has 5 rings (SSSR count). The summed E-state index contributed by atoms with van der Waals surface area (Å²) in [5, 5.41) is 5.10. The van der Waals surface area contributed by atoms with Gasteiger partial charge in [-0.2, -0.15) is 0 Å². The van der Waals surface area contributed by atoms with Gasteiger partial charge in [0.15, 0.2) is 0 Å². The Morgan fingerprint density at radius 2 is 2.00 bits per heavy atom. The summed E-state index contributed by atoms with van der Waals surface area (Å²) in [5.74, 6) is 0.817. The molecule has 5 nitrogen and oxygen atoms in total. The molecule has 0 radical (unpaired) electrons. The van der Waals surface area contributed by atoms with Crippen molar-refractivity contribution in [2.24, 2.45) is 5.92 Å². The lowest BCUT2D eigenvalue weighted by molar-refractivity contribution is -0.132. The number of benzene rings is 1. The summed E-state index contributed by atoms with van der Waals surface area (Å²) in [4.78, 5) is 20.0. The maximum absolute atomic E-state index is 13.4. The van der Waals surface area contributed by atoms with Gasteiger partial charge in [0.05, 0.1) is 18.3 Å². The van der Waals surface area contributed by atoms with Gasteiger partial charge in [0.1, 0.15) is 0 Å². The van der Waals surface area contributed by atoms with Crippen LogP contribution in [0.3, 0.4) is 0 Å². The molecule has 0 saturated carbocycles. The smallest absolute Gasteiger partial charge is 0.240 e. The van der Waals surface area contributed by atoms with E-state index in [9.17, 15) is 4.79 Å². The van der Waals surface area contributed by atoms with Crippen LogP contribution in [0.2, 0.25) is 0 Å². The van der Waals surface area contributed by atoms with Crippen LogP contribution in [0.15, 0.2) is 48.8 Å². The van der Waals surface area contributed by atoms with Crippen LogP contribution >= 0.6 is 0 Å². The summed E-state index contributed by atoms with van der Waals surface area (Å²) in [5.41, 5.74) is 4.90. The largest absolute Gasteiger partial charge is 0.341 e. The maximum atomic E-state index is 13.4. The van der Waals surface area contributed by atoms with Crippen LogP contribution in [0.1, 0.15) is 56.0 Å². The molecule has 31 heavy (non-hydrogen) atoms. The SMILES string of the molecule is CC(C)C[C@@H]1N[C@H](C(=O)N2CCCC2)Cc2cn(Cc3ccccn3)c3cccc1c23. The second kappa shape index (κ2) is 8.46. The second-order valence-corrected chi connectivity index (χ2v) is 9.48. The quantitative estimate of drug-likeness (QED) is 0.674. The van der Waals surface area contributed by atoms with Gasteiger partial charge in [0, 0.05) is 42.4 Å². The number of hydrogen-bond acceptors (Lipinski definition) is 3. The third kappa shape index (κ3) is 3.99. The summed E-state index contributed by atoms with van der Waals surface area (Å²) in [6, 6.07) is 12.7. The van der Waals surface area contributed by atoms with Crippen LogP contribution in [-0.2, 0) is 17.8 Å². The predicted octanol–water partition coefficient (Wildman–Crippen LogP) is 4.31. The first-order valence-corrected chi connectivity index (χ1v) is 11.7. The Morgan fingerprint density at radius 3 is 2.74 bits per heavy atom. The number of rotatable bonds is 5. The van der Waals surface area contributed by atoms with Crippen molar-refractivity contribution in [3.63, 3.8) is 0 Å². The van der Waals surface area contributed by atoms with E-state index >= 15 is 0 Å². The Kier molecular flexibility index (Phi) is 5.53. The topological polar surface area (TPSA) is 50.2 Å². The fourth-order valence-electron chi connectivity index (χ4n) is 5.31. The fourth-order valence-corrected chi connectivity index (χ4v) is 5.31. The standard InChI is InChI=1S/C26H32N4O/c1-18(2)14-22-21-9-7-10-24-25(21)19(16-30(24)17-20-8-3-4-11-27-20)15-23(28-22)26(31)29-12-5-6-13-29/h3-4,7-11,16,18,22-23,28H,5-6,12-15,17H2,1-2H3/t22-,23-/m0/s1. The molecule has 0 aliphatic carbocycles. The van der Waals surface area contributed by atoms with Crippen LogP contribution in [0.4, 0.5) is 0 Å². The Hall–Kier alpha value is -2.66. The Morgan fingerprint density at radius 1 is 1.16 bits per heavy atom. The van der Waals surface area contributed by atoms with Crippen molar-refractivity contribution in [2.45, 2.75) is 58.2 Å². The van der Waals surface area contributed by atoms with E-state index in [1.54, 1.807) is 0 Å². The molecule has 1 aromatic carbocycles. The number of carbonyl (C=O) groups is 1. The van der Waals surface area contributed by atoms with Crippen molar-refractivity contribution in [1.82, 2.24) is 19.8 Å². The van der Waals surface area contributed by atoms with Crippen molar-refractivity contribution in [3.05, 3.63) is 65.6 Å². The van der Waals surface area contributed by atoms with Crippen molar-refractivity contribution in [3.8, 4) is 0 Å². The Balaban J connectivity index is 1.57. The minimum absolute atomic E-state index is 0.164. The highest BCUT2D eigenvalue weighted by Gasteiger charge is 2.33. The molecule has 2 atom stereocenters. The molecule has 1 N–H and O–H groups in total. The summed E-state index contributed by atoms with van der Waals surface area (Å²) >= 11 is 0. The number of likely N-dealkylation sites (tertiary alicyclic amines) is 1. The molecule has 162 valence electrons. The highest BCUT2D eigenvalue weighted by Crippen LogP contribution is 2.36. The zero-order valence-corrected chi connectivity index (χ0v) is 18.6. The predicted molar refractivity (Wildman–Crippen MR) is 124 cm³/mol. The van der Waals surface area contributed by atoms with E-state index in [0.29, 0.717) is 5.92 Å². The monoisotopic (exact) mass is 416 g/mol. The van der Waals surface area contributed by atoms with Gasteiger partial charge in [-0.15, -0.1) is 0 Å². The molecule has 2 aliphatic heterocycles. The van der Waals surface area contributed by atoms with E-state index in [2.05, 4.69) is 64.1 Å². The van der Waals surface area contributed by atoms with Crippen LogP contribution in [0, 0.1) is 5.92 Å². The summed E-state index contributed by atoms with van der Waals surface area (Å²) in [6.07, 6.45) is 8.12. The molecule has 1 saturated heterocycles. The van der Waals surface area contributed by atoms with E-state index in [-0.39, 0.29) is 18.0 Å². The van der Waals surface area contributed by atoms with E-state index < -0.39 is 0 Å². The van der Waals surface area contributed by atoms with Gasteiger partial charge in [-0.3, -0.25) is 15.1 Å². The summed E-state index contributed by atoms with van der Waals surface area (Å²) < 4.78 is 2.31. The third-order valence-corrected chi connectivity index (χ3v) is 6.70. The number of amides is 1. The molecule has 4 heterocycles. The van der Waals surface area contributed by atoms with E-state index in [0.717, 1.165) is 51.0 Å². The maximum Gasteiger partial charge on any atom is 0.240 e. The van der Waals surface area contributed by atoms with Gasteiger partial charge in [-0.1, -0.05) is 32.0 Å². The Bertz CT molecular complexity index is 1070. The van der Waals surface area contributed by atoms with Gasteiger partial charge >= 0.3 is 0 Å². The van der Waals surface area contributed by atoms with Crippen molar-refractivity contribution >= 4 is 16.8 Å². The summed E-state index contributed by atoms with van der Waals surface area (Å²) in [6.45, 7) is 7.06. The third-order valence-electron chi connectivity index (χ3n) is 6.70. The first-order chi connectivity index (χ1) is 15.1. The molecular weight excluding hydrogens is 384 g/mol. The number of nitrogens with zero attached hydrogens (tertiary/aromatic N) is 3. The number of hydrogen-bond donors (Lipinski definition) is 1. The van der Waals surface area contributed by atoms with Crippen LogP contribution in [0.5, 0.6) is 0 Å². The second-order valence-electron chi connectivity index (χ2n) is 9.48. The Labute approximate surface area is 184 Å². The zero-order valence-electron chi connectivity index (χ0n) is 18.6. The number of pyridine rings is 1. The van der Waals surface area contributed by atoms with Crippen molar-refractivity contribution in [2.75, 3.05) is 13.1 Å². The van der Waals surface area contributed by atoms with E-state index in [1.807, 2.05) is 18.3 Å². The van der Waals surface area contributed by atoms with Crippen molar-refractivity contribution in [1.29, 1.82) is 0 Å². The van der Waals surface area contributed by atoms with E-state index in [1.165, 1.54) is 22.0 Å². The lowest BCUT2D eigenvalue weighted by atomic mass is 9.94. The molecule has 0 spiro atoms. The molecule has 2 aromatic heterocycles. The molecule has 1 amide bonds. The molecule has 3 aromatic rings. The molecule has 2 aliphatic rings. The van der Waals surface area contributed by atoms with Crippen LogP contribution < -0.4 is 5.32 Å². The molecule has 5 heteroatoms. The van der Waals surface area contributed by atoms with Gasteiger partial charge in [0.2, 0.25) is 5.91 Å². The molecular formula is C26H32N4O. The number of nitrogens with one attached hydrogen (secondary N) is 1. The highest BCUT2D eigenvalue weighted by atomic mass is 16.2. The van der Waals surface area contributed by atoms with Gasteiger partial charge in [-0.25, -0.2) is 0 Å². The minimum Gasteiger partial charge on any atom is -0.341 e. The number of carbonyl (C=O) groups excluding carboxylic acids is 1. The highest BCUT2D eigenvalue weighted by molar-refractivity contribution is 5.90. The van der Waals surface area contributed by atoms with Crippen LogP contribution in [-0.4, -0.2) is 39.5 Å². The van der Waals surface area contributed by atoms with Crippen molar-refractivity contribution < 1.29 is 4.79 Å². The zero-order chi connectivity index (χ0) is 21.4. The number of aromatic nitrogens is 2. The molecule has 1 fully saturated rings. The van der Waals surface area contributed by atoms with Gasteiger partial charge < -0.3 is 9.47 Å². The van der Waals surface area contributed by atoms with E-state index in [4.69, 9.17) is 0 Å². The van der Waals surface area contributed by atoms with Gasteiger partial charge in [-0.05, 0) is 60.9 Å². The summed E-state index contributed by atoms with van der Waals surface area (Å²) in [7, 11) is 0. The van der Waals surface area contributed by atoms with Gasteiger partial charge in [0.25, 0.3) is 0 Å². The lowest BCUT2D eigenvalue weighted by Gasteiger charge is -2.28. The first-order valence-electron chi connectivity index (χ1n) is 11.7. The van der Waals surface area contributed by atoms with Crippen LogP contribution in [0.25, 0.3) is 10.9 Å². The first kappa shape index (κ1) is 20.3. The normalized spacial score (nSPS) is 21.1. The minimum atomic E-state index is -0.164. The molecule has 0 unspecified atom stereocenters. The average molecular weight is 417 g/mol.